The quantitative estimate of drug-likeness (QED) is 0.587. The average Bonchev–Trinajstić information content (AvgIpc) is 2.83. The zero-order valence-electron chi connectivity index (χ0n) is 13.8. The summed E-state index contributed by atoms with van der Waals surface area (Å²) in [5, 5.41) is 0.904. The Kier molecular flexibility index (Phi) is 4.78. The van der Waals surface area contributed by atoms with Gasteiger partial charge >= 0.3 is 0 Å². The lowest BCUT2D eigenvalue weighted by atomic mass is 9.98. The summed E-state index contributed by atoms with van der Waals surface area (Å²) < 4.78 is 2.16. The third-order valence-electron chi connectivity index (χ3n) is 3.89. The van der Waals surface area contributed by atoms with Gasteiger partial charge in [-0.15, -0.1) is 11.3 Å². The molecule has 5 heteroatoms. The first kappa shape index (κ1) is 16.5. The van der Waals surface area contributed by atoms with Gasteiger partial charge in [-0.25, -0.2) is 4.98 Å². The van der Waals surface area contributed by atoms with E-state index in [1.54, 1.807) is 23.1 Å². The minimum Gasteiger partial charge on any atom is -0.306 e. The number of imidazole rings is 1. The number of allylic oxidation sites excluding steroid dienone is 1. The number of thioether (sulfide) groups is 1. The van der Waals surface area contributed by atoms with Gasteiger partial charge in [0, 0.05) is 22.7 Å². The smallest absolute Gasteiger partial charge is 0.211 e. The van der Waals surface area contributed by atoms with Crippen LogP contribution >= 0.6 is 23.1 Å². The highest BCUT2D eigenvalue weighted by Gasteiger charge is 2.21. The third kappa shape index (κ3) is 3.31. The van der Waals surface area contributed by atoms with Crippen LogP contribution in [-0.4, -0.2) is 15.3 Å². The van der Waals surface area contributed by atoms with Crippen LogP contribution in [0.25, 0.3) is 10.3 Å². The molecule has 23 heavy (non-hydrogen) atoms. The molecule has 0 amide bonds. The number of aryl methyl sites for hydroxylation is 1. The van der Waals surface area contributed by atoms with E-state index in [1.165, 1.54) is 11.3 Å². The maximum atomic E-state index is 12.8. The van der Waals surface area contributed by atoms with Gasteiger partial charge in [-0.1, -0.05) is 36.1 Å². The van der Waals surface area contributed by atoms with Gasteiger partial charge in [-0.3, -0.25) is 4.79 Å². The van der Waals surface area contributed by atoms with Gasteiger partial charge in [-0.05, 0) is 39.5 Å². The normalized spacial score (nSPS) is 14.0. The Labute approximate surface area is 145 Å². The van der Waals surface area contributed by atoms with E-state index in [-0.39, 0.29) is 5.43 Å². The van der Waals surface area contributed by atoms with Crippen LogP contribution < -0.4 is 5.43 Å². The first-order chi connectivity index (χ1) is 11.0. The summed E-state index contributed by atoms with van der Waals surface area (Å²) in [6.45, 7) is 12.7. The summed E-state index contributed by atoms with van der Waals surface area (Å²) in [4.78, 5) is 19.8. The molecule has 0 atom stereocenters. The lowest BCUT2D eigenvalue weighted by molar-refractivity contribution is 0.692. The van der Waals surface area contributed by atoms with Crippen molar-refractivity contribution < 1.29 is 0 Å². The van der Waals surface area contributed by atoms with Crippen LogP contribution in [0.3, 0.4) is 0 Å². The SMILES string of the molecule is C=C(C)CSc1nc2c(=O)c3c(sc2n1CC(=C)C)CCCC3. The monoisotopic (exact) mass is 346 g/mol. The number of hydrogen-bond acceptors (Lipinski definition) is 4. The molecule has 2 heterocycles. The van der Waals surface area contributed by atoms with E-state index < -0.39 is 0 Å². The lowest BCUT2D eigenvalue weighted by Crippen LogP contribution is -2.15. The Morgan fingerprint density at radius 3 is 2.70 bits per heavy atom. The Balaban J connectivity index is 2.18. The number of rotatable bonds is 5. The molecule has 0 N–H and O–H groups in total. The van der Waals surface area contributed by atoms with Gasteiger partial charge in [0.15, 0.2) is 5.16 Å². The van der Waals surface area contributed by atoms with Gasteiger partial charge in [-0.2, -0.15) is 0 Å². The average molecular weight is 347 g/mol. The highest BCUT2D eigenvalue weighted by atomic mass is 32.2. The number of nitrogens with zero attached hydrogens (tertiary/aromatic N) is 2. The molecule has 122 valence electrons. The summed E-state index contributed by atoms with van der Waals surface area (Å²) in [6, 6.07) is 0. The maximum absolute atomic E-state index is 12.8. The van der Waals surface area contributed by atoms with E-state index in [1.807, 2.05) is 13.8 Å². The fraction of sp³-hybridized carbons (Fsp3) is 0.444. The molecule has 0 fully saturated rings. The highest BCUT2D eigenvalue weighted by Crippen LogP contribution is 2.32. The molecule has 0 spiro atoms. The molecule has 0 aliphatic heterocycles. The van der Waals surface area contributed by atoms with Crippen molar-refractivity contribution in [2.24, 2.45) is 0 Å². The standard InChI is InChI=1S/C18H22N2OS2/c1-11(2)9-20-17-15(19-18(20)22-10-12(3)4)16(21)13-7-5-6-8-14(13)23-17/h1,3,5-10H2,2,4H3. The number of fused-ring (bicyclic) bond motifs is 2. The fourth-order valence-corrected chi connectivity index (χ4v) is 5.06. The fourth-order valence-electron chi connectivity index (χ4n) is 2.87. The largest absolute Gasteiger partial charge is 0.306 e. The predicted octanol–water partition coefficient (Wildman–Crippen LogP) is 4.58. The van der Waals surface area contributed by atoms with E-state index in [0.29, 0.717) is 12.1 Å². The molecule has 2 aromatic rings. The summed E-state index contributed by atoms with van der Waals surface area (Å²) in [5.41, 5.74) is 3.96. The molecule has 1 aliphatic carbocycles. The van der Waals surface area contributed by atoms with Gasteiger partial charge in [0.2, 0.25) is 5.43 Å². The van der Waals surface area contributed by atoms with Crippen LogP contribution in [0.15, 0.2) is 34.3 Å². The van der Waals surface area contributed by atoms with Gasteiger partial charge in [0.1, 0.15) is 10.3 Å². The molecule has 0 unspecified atom stereocenters. The van der Waals surface area contributed by atoms with Crippen molar-refractivity contribution in [1.82, 2.24) is 9.55 Å². The van der Waals surface area contributed by atoms with Crippen molar-refractivity contribution in [2.45, 2.75) is 51.2 Å². The minimum absolute atomic E-state index is 0.145. The van der Waals surface area contributed by atoms with Crippen molar-refractivity contribution in [3.8, 4) is 0 Å². The molecule has 0 saturated heterocycles. The van der Waals surface area contributed by atoms with Crippen LogP contribution in [0.2, 0.25) is 0 Å². The lowest BCUT2D eigenvalue weighted by Gasteiger charge is -2.14. The van der Waals surface area contributed by atoms with Gasteiger partial charge in [0.05, 0.1) is 0 Å². The van der Waals surface area contributed by atoms with Crippen LogP contribution in [0.1, 0.15) is 37.1 Å². The number of hydrogen-bond donors (Lipinski definition) is 0. The topological polar surface area (TPSA) is 34.9 Å². The second-order valence-electron chi connectivity index (χ2n) is 6.38. The minimum atomic E-state index is 0.145. The van der Waals surface area contributed by atoms with Gasteiger partial charge in [0.25, 0.3) is 0 Å². The summed E-state index contributed by atoms with van der Waals surface area (Å²) in [6.07, 6.45) is 4.23. The first-order valence-corrected chi connectivity index (χ1v) is 9.74. The summed E-state index contributed by atoms with van der Waals surface area (Å²) in [7, 11) is 0. The molecule has 0 aromatic carbocycles. The molecular weight excluding hydrogens is 324 g/mol. The van der Waals surface area contributed by atoms with Crippen molar-refractivity contribution in [3.63, 3.8) is 0 Å². The van der Waals surface area contributed by atoms with E-state index in [4.69, 9.17) is 0 Å². The second-order valence-corrected chi connectivity index (χ2v) is 8.40. The van der Waals surface area contributed by atoms with Crippen LogP contribution in [0, 0.1) is 0 Å². The Hall–Kier alpha value is -1.33. The molecule has 3 nitrogen and oxygen atoms in total. The molecule has 1 aliphatic rings. The zero-order valence-corrected chi connectivity index (χ0v) is 15.4. The summed E-state index contributed by atoms with van der Waals surface area (Å²) >= 11 is 3.40. The Morgan fingerprint density at radius 2 is 2.00 bits per heavy atom. The van der Waals surface area contributed by atoms with Crippen molar-refractivity contribution >= 4 is 33.4 Å². The van der Waals surface area contributed by atoms with Crippen LogP contribution in [0.5, 0.6) is 0 Å². The van der Waals surface area contributed by atoms with Crippen LogP contribution in [-0.2, 0) is 19.4 Å². The highest BCUT2D eigenvalue weighted by molar-refractivity contribution is 7.99. The van der Waals surface area contributed by atoms with E-state index in [0.717, 1.165) is 51.7 Å². The third-order valence-corrected chi connectivity index (χ3v) is 6.40. The van der Waals surface area contributed by atoms with Gasteiger partial charge < -0.3 is 4.57 Å². The Morgan fingerprint density at radius 1 is 1.26 bits per heavy atom. The molecule has 0 saturated carbocycles. The van der Waals surface area contributed by atoms with E-state index >= 15 is 0 Å². The molecule has 0 bridgehead atoms. The maximum Gasteiger partial charge on any atom is 0.211 e. The predicted molar refractivity (Wildman–Crippen MR) is 101 cm³/mol. The van der Waals surface area contributed by atoms with E-state index in [2.05, 4.69) is 22.7 Å². The summed E-state index contributed by atoms with van der Waals surface area (Å²) in [5.74, 6) is 0.818. The molecule has 0 radical (unpaired) electrons. The molecular formula is C18H22N2OS2. The number of aromatic nitrogens is 2. The van der Waals surface area contributed by atoms with Crippen LogP contribution in [0.4, 0.5) is 0 Å². The zero-order chi connectivity index (χ0) is 16.6. The molecule has 2 aromatic heterocycles. The van der Waals surface area contributed by atoms with E-state index in [9.17, 15) is 4.79 Å². The Bertz CT molecular complexity index is 845. The van der Waals surface area contributed by atoms with Crippen molar-refractivity contribution in [3.05, 3.63) is 45.0 Å². The second kappa shape index (κ2) is 6.65. The molecule has 3 rings (SSSR count). The van der Waals surface area contributed by atoms with Crippen molar-refractivity contribution in [1.29, 1.82) is 0 Å². The van der Waals surface area contributed by atoms with Crippen molar-refractivity contribution in [2.75, 3.05) is 5.75 Å². The first-order valence-electron chi connectivity index (χ1n) is 7.94.